The molecule has 2 saturated heterocycles. The SMILES string of the molecule is CON1CCC(C(=O)N2CCCCC2c2cnn(C)c2)CC1. The van der Waals surface area contributed by atoms with Crippen molar-refractivity contribution in [2.75, 3.05) is 26.7 Å². The van der Waals surface area contributed by atoms with Crippen LogP contribution in [0.4, 0.5) is 0 Å². The molecule has 1 aromatic rings. The van der Waals surface area contributed by atoms with E-state index in [4.69, 9.17) is 4.84 Å². The van der Waals surface area contributed by atoms with Gasteiger partial charge in [0.2, 0.25) is 5.91 Å². The second-order valence-electron chi connectivity index (χ2n) is 6.38. The van der Waals surface area contributed by atoms with Gasteiger partial charge in [-0.3, -0.25) is 9.48 Å². The Morgan fingerprint density at radius 2 is 2.00 bits per heavy atom. The molecule has 6 heteroatoms. The van der Waals surface area contributed by atoms with Gasteiger partial charge in [-0.25, -0.2) is 0 Å². The molecule has 22 heavy (non-hydrogen) atoms. The van der Waals surface area contributed by atoms with Crippen LogP contribution in [0.5, 0.6) is 0 Å². The molecule has 1 atom stereocenters. The van der Waals surface area contributed by atoms with Crippen molar-refractivity contribution in [2.45, 2.75) is 38.1 Å². The summed E-state index contributed by atoms with van der Waals surface area (Å²) in [6, 6.07) is 0.204. The van der Waals surface area contributed by atoms with E-state index in [0.29, 0.717) is 5.91 Å². The summed E-state index contributed by atoms with van der Waals surface area (Å²) in [4.78, 5) is 20.3. The first kappa shape index (κ1) is 15.5. The number of carbonyl (C=O) groups excluding carboxylic acids is 1. The molecule has 0 aromatic carbocycles. The van der Waals surface area contributed by atoms with Crippen LogP contribution < -0.4 is 0 Å². The molecule has 1 aromatic heterocycles. The standard InChI is InChI=1S/C16H26N4O2/c1-18-12-14(11-17-18)15-5-3-4-8-20(15)16(21)13-6-9-19(22-2)10-7-13/h11-13,15H,3-10H2,1-2H3. The Morgan fingerprint density at radius 1 is 1.23 bits per heavy atom. The number of hydrogen-bond donors (Lipinski definition) is 0. The average Bonchev–Trinajstić information content (AvgIpc) is 3.00. The van der Waals surface area contributed by atoms with Gasteiger partial charge in [0.15, 0.2) is 0 Å². The minimum absolute atomic E-state index is 0.142. The lowest BCUT2D eigenvalue weighted by molar-refractivity contribution is -0.160. The van der Waals surface area contributed by atoms with Gasteiger partial charge in [-0.2, -0.15) is 10.2 Å². The lowest BCUT2D eigenvalue weighted by atomic mass is 9.91. The van der Waals surface area contributed by atoms with Crippen molar-refractivity contribution in [2.24, 2.45) is 13.0 Å². The van der Waals surface area contributed by atoms with Gasteiger partial charge in [-0.15, -0.1) is 0 Å². The molecule has 2 aliphatic heterocycles. The van der Waals surface area contributed by atoms with Crippen molar-refractivity contribution >= 4 is 5.91 Å². The van der Waals surface area contributed by atoms with Gasteiger partial charge in [0.1, 0.15) is 0 Å². The van der Waals surface area contributed by atoms with Crippen molar-refractivity contribution in [1.29, 1.82) is 0 Å². The summed E-state index contributed by atoms with van der Waals surface area (Å²) < 4.78 is 1.82. The first-order valence-corrected chi connectivity index (χ1v) is 8.27. The fourth-order valence-electron chi connectivity index (χ4n) is 3.67. The molecule has 0 bridgehead atoms. The lowest BCUT2D eigenvalue weighted by Crippen LogP contribution is -2.45. The number of nitrogens with zero attached hydrogens (tertiary/aromatic N) is 4. The van der Waals surface area contributed by atoms with Gasteiger partial charge in [0.25, 0.3) is 0 Å². The monoisotopic (exact) mass is 306 g/mol. The Hall–Kier alpha value is -1.40. The van der Waals surface area contributed by atoms with Crippen LogP contribution in [0.25, 0.3) is 0 Å². The van der Waals surface area contributed by atoms with Crippen LogP contribution >= 0.6 is 0 Å². The molecule has 3 rings (SSSR count). The molecule has 2 fully saturated rings. The largest absolute Gasteiger partial charge is 0.335 e. The molecule has 0 radical (unpaired) electrons. The van der Waals surface area contributed by atoms with Crippen LogP contribution in [-0.4, -0.2) is 52.4 Å². The molecule has 3 heterocycles. The van der Waals surface area contributed by atoms with E-state index in [2.05, 4.69) is 10.00 Å². The molecule has 0 saturated carbocycles. The van der Waals surface area contributed by atoms with Gasteiger partial charge in [-0.05, 0) is 32.1 Å². The number of carbonyl (C=O) groups is 1. The highest BCUT2D eigenvalue weighted by Crippen LogP contribution is 2.33. The summed E-state index contributed by atoms with van der Waals surface area (Å²) in [7, 11) is 3.63. The van der Waals surface area contributed by atoms with Crippen LogP contribution in [0.1, 0.15) is 43.7 Å². The number of likely N-dealkylation sites (tertiary alicyclic amines) is 1. The van der Waals surface area contributed by atoms with E-state index >= 15 is 0 Å². The Balaban J connectivity index is 1.69. The molecule has 1 amide bonds. The molecular formula is C16H26N4O2. The highest BCUT2D eigenvalue weighted by atomic mass is 16.7. The zero-order valence-corrected chi connectivity index (χ0v) is 13.6. The minimum Gasteiger partial charge on any atom is -0.335 e. The van der Waals surface area contributed by atoms with Crippen LogP contribution in [-0.2, 0) is 16.7 Å². The summed E-state index contributed by atoms with van der Waals surface area (Å²) in [5.41, 5.74) is 1.17. The Morgan fingerprint density at radius 3 is 2.64 bits per heavy atom. The smallest absolute Gasteiger partial charge is 0.226 e. The van der Waals surface area contributed by atoms with E-state index < -0.39 is 0 Å². The Bertz CT molecular complexity index is 508. The zero-order valence-electron chi connectivity index (χ0n) is 13.6. The fourth-order valence-corrected chi connectivity index (χ4v) is 3.67. The van der Waals surface area contributed by atoms with Gasteiger partial charge in [0.05, 0.1) is 19.3 Å². The van der Waals surface area contributed by atoms with Gasteiger partial charge < -0.3 is 9.74 Å². The second-order valence-corrected chi connectivity index (χ2v) is 6.38. The van der Waals surface area contributed by atoms with Crippen LogP contribution in [0.3, 0.4) is 0 Å². The number of amides is 1. The van der Waals surface area contributed by atoms with Crippen molar-refractivity contribution in [1.82, 2.24) is 19.7 Å². The summed E-state index contributed by atoms with van der Waals surface area (Å²) in [6.07, 6.45) is 9.08. The van der Waals surface area contributed by atoms with Crippen molar-refractivity contribution < 1.29 is 9.63 Å². The molecule has 0 aliphatic carbocycles. The number of aromatic nitrogens is 2. The first-order chi connectivity index (χ1) is 10.7. The summed E-state index contributed by atoms with van der Waals surface area (Å²) >= 11 is 0. The maximum Gasteiger partial charge on any atom is 0.226 e. The quantitative estimate of drug-likeness (QED) is 0.853. The number of rotatable bonds is 3. The topological polar surface area (TPSA) is 50.6 Å². The normalized spacial score (nSPS) is 24.6. The molecule has 2 aliphatic rings. The average molecular weight is 306 g/mol. The molecular weight excluding hydrogens is 280 g/mol. The van der Waals surface area contributed by atoms with Gasteiger partial charge in [-0.1, -0.05) is 0 Å². The number of piperidine rings is 2. The predicted octanol–water partition coefficient (Wildman–Crippen LogP) is 1.75. The molecule has 0 N–H and O–H groups in total. The van der Waals surface area contributed by atoms with E-state index in [1.807, 2.05) is 29.2 Å². The summed E-state index contributed by atoms with van der Waals surface area (Å²) in [5.74, 6) is 0.466. The molecule has 0 spiro atoms. The van der Waals surface area contributed by atoms with Crippen molar-refractivity contribution in [3.05, 3.63) is 18.0 Å². The lowest BCUT2D eigenvalue weighted by Gasteiger charge is -2.39. The maximum absolute atomic E-state index is 13.0. The molecule has 122 valence electrons. The van der Waals surface area contributed by atoms with E-state index in [1.165, 1.54) is 12.0 Å². The number of hydroxylamine groups is 2. The predicted molar refractivity (Wildman–Crippen MR) is 82.8 cm³/mol. The third-order valence-electron chi connectivity index (χ3n) is 4.96. The summed E-state index contributed by atoms with van der Waals surface area (Å²) in [6.45, 7) is 2.57. The van der Waals surface area contributed by atoms with Gasteiger partial charge in [0, 0.05) is 44.4 Å². The number of aryl methyl sites for hydroxylation is 1. The second kappa shape index (κ2) is 6.79. The zero-order chi connectivity index (χ0) is 15.5. The van der Waals surface area contributed by atoms with Crippen LogP contribution in [0, 0.1) is 5.92 Å². The maximum atomic E-state index is 13.0. The fraction of sp³-hybridized carbons (Fsp3) is 0.750. The molecule has 1 unspecified atom stereocenters. The first-order valence-electron chi connectivity index (χ1n) is 8.27. The Labute approximate surface area is 132 Å². The third kappa shape index (κ3) is 3.17. The van der Waals surface area contributed by atoms with Gasteiger partial charge >= 0.3 is 0 Å². The highest BCUT2D eigenvalue weighted by Gasteiger charge is 2.34. The highest BCUT2D eigenvalue weighted by molar-refractivity contribution is 5.79. The van der Waals surface area contributed by atoms with Crippen LogP contribution in [0.15, 0.2) is 12.4 Å². The summed E-state index contributed by atoms with van der Waals surface area (Å²) in [5, 5.41) is 6.22. The third-order valence-corrected chi connectivity index (χ3v) is 4.96. The van der Waals surface area contributed by atoms with E-state index in [9.17, 15) is 4.79 Å². The van der Waals surface area contributed by atoms with E-state index in [-0.39, 0.29) is 12.0 Å². The van der Waals surface area contributed by atoms with Crippen LogP contribution in [0.2, 0.25) is 0 Å². The van der Waals surface area contributed by atoms with Crippen molar-refractivity contribution in [3.8, 4) is 0 Å². The van der Waals surface area contributed by atoms with E-state index in [1.54, 1.807) is 7.11 Å². The Kier molecular flexibility index (Phi) is 4.78. The van der Waals surface area contributed by atoms with Crippen molar-refractivity contribution in [3.63, 3.8) is 0 Å². The molecule has 6 nitrogen and oxygen atoms in total. The number of hydrogen-bond acceptors (Lipinski definition) is 4. The minimum atomic E-state index is 0.142. The van der Waals surface area contributed by atoms with E-state index in [0.717, 1.165) is 45.3 Å².